The molecule has 0 fully saturated rings. The number of hydrogen-bond acceptors (Lipinski definition) is 5. The molecule has 114 valence electrons. The minimum absolute atomic E-state index is 0. The Labute approximate surface area is 130 Å². The Balaban J connectivity index is 0.00000220. The smallest absolute Gasteiger partial charge is 0.302 e. The van der Waals surface area contributed by atoms with Crippen LogP contribution in [-0.4, -0.2) is 0 Å². The van der Waals surface area contributed by atoms with Gasteiger partial charge in [0.1, 0.15) is 12.5 Å². The molecule has 0 aromatic heterocycles. The van der Waals surface area contributed by atoms with Crippen LogP contribution in [0.4, 0.5) is 0 Å². The number of halogens is 1. The van der Waals surface area contributed by atoms with Crippen molar-refractivity contribution in [3.63, 3.8) is 0 Å². The van der Waals surface area contributed by atoms with Gasteiger partial charge in [0.25, 0.3) is 0 Å². The summed E-state index contributed by atoms with van der Waals surface area (Å²) in [5.74, 6) is 0. The first kappa shape index (κ1) is 17.9. The van der Waals surface area contributed by atoms with Gasteiger partial charge in [0.2, 0.25) is 0 Å². The molecule has 4 N–H and O–H groups in total. The van der Waals surface area contributed by atoms with E-state index >= 15 is 0 Å². The zero-order valence-corrected chi connectivity index (χ0v) is 13.0. The van der Waals surface area contributed by atoms with Gasteiger partial charge in [-0.1, -0.05) is 60.7 Å². The second-order valence-corrected chi connectivity index (χ2v) is 5.12. The van der Waals surface area contributed by atoms with Gasteiger partial charge in [0.05, 0.1) is 0 Å². The quantitative estimate of drug-likeness (QED) is 0.628. The first-order chi connectivity index (χ1) is 9.66. The van der Waals surface area contributed by atoms with E-state index in [4.69, 9.17) is 20.5 Å². The van der Waals surface area contributed by atoms with Gasteiger partial charge < -0.3 is 11.5 Å². The van der Waals surface area contributed by atoms with Gasteiger partial charge in [-0.2, -0.15) is 0 Å². The molecule has 0 amide bonds. The van der Waals surface area contributed by atoms with Gasteiger partial charge in [-0.05, 0) is 11.1 Å². The lowest BCUT2D eigenvalue weighted by atomic mass is 10.2. The maximum Gasteiger partial charge on any atom is 0.322 e. The number of nitrogens with two attached hydrogens (primary N) is 2. The summed E-state index contributed by atoms with van der Waals surface area (Å²) < 4.78 is 22.1. The Bertz CT molecular complexity index is 507. The van der Waals surface area contributed by atoms with Crippen molar-refractivity contribution in [2.75, 3.05) is 0 Å². The van der Waals surface area contributed by atoms with Crippen molar-refractivity contribution in [1.29, 1.82) is 0 Å². The monoisotopic (exact) mass is 328 g/mol. The van der Waals surface area contributed by atoms with E-state index in [9.17, 15) is 4.57 Å². The summed E-state index contributed by atoms with van der Waals surface area (Å²) in [5, 5.41) is 0. The molecule has 0 aliphatic heterocycles. The molecule has 0 saturated carbocycles. The van der Waals surface area contributed by atoms with Crippen molar-refractivity contribution < 1.29 is 13.6 Å². The molecule has 7 heteroatoms. The summed E-state index contributed by atoms with van der Waals surface area (Å²) >= 11 is 0. The SMILES string of the molecule is Cl.NC(O[PH](=O)OC(N)c1ccccc1)c1ccccc1. The summed E-state index contributed by atoms with van der Waals surface area (Å²) in [6, 6.07) is 18.2. The maximum atomic E-state index is 11.8. The summed E-state index contributed by atoms with van der Waals surface area (Å²) in [5.41, 5.74) is 13.0. The molecule has 2 aromatic rings. The molecule has 0 saturated heterocycles. The second kappa shape index (κ2) is 8.95. The Hall–Kier alpha value is -1.20. The molecule has 2 atom stereocenters. The second-order valence-electron chi connectivity index (χ2n) is 4.15. The molecular formula is C14H18ClN2O3P. The first-order valence-corrected chi connectivity index (χ1v) is 7.37. The zero-order chi connectivity index (χ0) is 14.4. The van der Waals surface area contributed by atoms with E-state index in [0.29, 0.717) is 0 Å². The van der Waals surface area contributed by atoms with Crippen LogP contribution >= 0.6 is 20.7 Å². The highest BCUT2D eigenvalue weighted by Crippen LogP contribution is 2.34. The van der Waals surface area contributed by atoms with Crippen LogP contribution in [0, 0.1) is 0 Å². The summed E-state index contributed by atoms with van der Waals surface area (Å²) in [6.45, 7) is 0. The average Bonchev–Trinajstić information content (AvgIpc) is 2.49. The summed E-state index contributed by atoms with van der Waals surface area (Å²) in [4.78, 5) is 0. The standard InChI is InChI=1S/C14H17N2O3P.ClH/c15-13(11-7-3-1-4-8-11)18-20(17)19-14(16)12-9-5-2-6-10-12;/h1-10,13-14,20H,15-16H2;1H. The van der Waals surface area contributed by atoms with Crippen LogP contribution in [0.25, 0.3) is 0 Å². The van der Waals surface area contributed by atoms with E-state index in [2.05, 4.69) is 0 Å². The van der Waals surface area contributed by atoms with Gasteiger partial charge in [-0.25, -0.2) is 0 Å². The average molecular weight is 329 g/mol. The van der Waals surface area contributed by atoms with Gasteiger partial charge in [-0.15, -0.1) is 12.4 Å². The highest BCUT2D eigenvalue weighted by molar-refractivity contribution is 7.33. The fourth-order valence-electron chi connectivity index (χ4n) is 1.66. The minimum atomic E-state index is -2.78. The summed E-state index contributed by atoms with van der Waals surface area (Å²) in [6.07, 6.45) is -1.60. The molecule has 0 spiro atoms. The molecule has 2 rings (SSSR count). The van der Waals surface area contributed by atoms with E-state index in [1.54, 1.807) is 24.3 Å². The lowest BCUT2D eigenvalue weighted by Gasteiger charge is -2.16. The van der Waals surface area contributed by atoms with E-state index < -0.39 is 20.7 Å². The lowest BCUT2D eigenvalue weighted by Crippen LogP contribution is -2.14. The van der Waals surface area contributed by atoms with Crippen molar-refractivity contribution in [2.24, 2.45) is 11.5 Å². The first-order valence-electron chi connectivity index (χ1n) is 6.15. The van der Waals surface area contributed by atoms with Crippen LogP contribution in [0.5, 0.6) is 0 Å². The van der Waals surface area contributed by atoms with Gasteiger partial charge in [0.15, 0.2) is 0 Å². The molecule has 0 bridgehead atoms. The van der Waals surface area contributed by atoms with Crippen molar-refractivity contribution >= 4 is 20.7 Å². The molecule has 0 aliphatic carbocycles. The highest BCUT2D eigenvalue weighted by Gasteiger charge is 2.14. The number of hydrogen-bond donors (Lipinski definition) is 2. The minimum Gasteiger partial charge on any atom is -0.302 e. The predicted molar refractivity (Wildman–Crippen MR) is 85.2 cm³/mol. The van der Waals surface area contributed by atoms with Crippen LogP contribution in [0.1, 0.15) is 23.6 Å². The number of benzene rings is 2. The van der Waals surface area contributed by atoms with Crippen LogP contribution in [0.2, 0.25) is 0 Å². The molecule has 0 radical (unpaired) electrons. The fourth-order valence-corrected chi connectivity index (χ4v) is 2.40. The highest BCUT2D eigenvalue weighted by atomic mass is 35.5. The summed E-state index contributed by atoms with van der Waals surface area (Å²) in [7, 11) is -2.78. The molecule has 2 aromatic carbocycles. The zero-order valence-electron chi connectivity index (χ0n) is 11.2. The van der Waals surface area contributed by atoms with Crippen LogP contribution in [0.3, 0.4) is 0 Å². The van der Waals surface area contributed by atoms with Crippen LogP contribution < -0.4 is 11.5 Å². The third kappa shape index (κ3) is 5.59. The Kier molecular flexibility index (Phi) is 7.61. The molecular weight excluding hydrogens is 311 g/mol. The molecule has 5 nitrogen and oxygen atoms in total. The fraction of sp³-hybridized carbons (Fsp3) is 0.143. The Morgan fingerprint density at radius 2 is 1.10 bits per heavy atom. The van der Waals surface area contributed by atoms with Gasteiger partial charge in [-0.3, -0.25) is 13.6 Å². The topological polar surface area (TPSA) is 87.6 Å². The van der Waals surface area contributed by atoms with Crippen molar-refractivity contribution in [2.45, 2.75) is 12.5 Å². The molecule has 21 heavy (non-hydrogen) atoms. The van der Waals surface area contributed by atoms with E-state index in [1.165, 1.54) is 0 Å². The third-order valence-corrected chi connectivity index (χ3v) is 3.60. The van der Waals surface area contributed by atoms with Crippen molar-refractivity contribution in [3.05, 3.63) is 71.8 Å². The molecule has 0 aliphatic rings. The molecule has 0 heterocycles. The molecule has 2 unspecified atom stereocenters. The normalized spacial score (nSPS) is 14.8. The van der Waals surface area contributed by atoms with Gasteiger partial charge >= 0.3 is 8.25 Å². The maximum absolute atomic E-state index is 11.8. The predicted octanol–water partition coefficient (Wildman–Crippen LogP) is 3.15. The van der Waals surface area contributed by atoms with Crippen LogP contribution in [-0.2, 0) is 13.6 Å². The van der Waals surface area contributed by atoms with Gasteiger partial charge in [0, 0.05) is 0 Å². The van der Waals surface area contributed by atoms with E-state index in [1.807, 2.05) is 36.4 Å². The Morgan fingerprint density at radius 3 is 1.43 bits per heavy atom. The third-order valence-electron chi connectivity index (χ3n) is 2.70. The van der Waals surface area contributed by atoms with Crippen LogP contribution in [0.15, 0.2) is 60.7 Å². The Morgan fingerprint density at radius 1 is 0.762 bits per heavy atom. The van der Waals surface area contributed by atoms with Crippen molar-refractivity contribution in [3.8, 4) is 0 Å². The van der Waals surface area contributed by atoms with E-state index in [0.717, 1.165) is 11.1 Å². The van der Waals surface area contributed by atoms with E-state index in [-0.39, 0.29) is 12.4 Å². The number of rotatable bonds is 6. The largest absolute Gasteiger partial charge is 0.322 e. The van der Waals surface area contributed by atoms with Crippen molar-refractivity contribution in [1.82, 2.24) is 0 Å². The lowest BCUT2D eigenvalue weighted by molar-refractivity contribution is 0.135.